The number of hydrogen-bond donors (Lipinski definition) is 2. The fraction of sp³-hybridized carbons (Fsp3) is 1.00. The monoisotopic (exact) mass is 241 g/mol. The first-order valence-electron chi connectivity index (χ1n) is 7.24. The molecule has 0 spiro atoms. The lowest BCUT2D eigenvalue weighted by atomic mass is 9.98. The van der Waals surface area contributed by atoms with Crippen molar-refractivity contribution in [2.45, 2.75) is 64.0 Å². The molecule has 3 heteroatoms. The van der Waals surface area contributed by atoms with Gasteiger partial charge in [0.05, 0.1) is 6.10 Å². The van der Waals surface area contributed by atoms with Crippen molar-refractivity contribution in [3.05, 3.63) is 0 Å². The van der Waals surface area contributed by atoms with Crippen LogP contribution in [0.4, 0.5) is 0 Å². The van der Waals surface area contributed by atoms with Gasteiger partial charge in [-0.2, -0.15) is 0 Å². The molecule has 2 aliphatic rings. The highest BCUT2D eigenvalue weighted by atomic mass is 16.5. The third-order valence-electron chi connectivity index (χ3n) is 4.34. The van der Waals surface area contributed by atoms with E-state index in [1.54, 1.807) is 0 Å². The smallest absolute Gasteiger partial charge is 0.0589 e. The van der Waals surface area contributed by atoms with Crippen molar-refractivity contribution in [1.29, 1.82) is 0 Å². The number of hydrogen-bond acceptors (Lipinski definition) is 3. The van der Waals surface area contributed by atoms with Gasteiger partial charge in [-0.25, -0.2) is 0 Å². The van der Waals surface area contributed by atoms with Crippen LogP contribution in [0.15, 0.2) is 0 Å². The second kappa shape index (κ2) is 6.17. The molecule has 1 heterocycles. The lowest BCUT2D eigenvalue weighted by Gasteiger charge is -2.31. The van der Waals surface area contributed by atoms with E-state index in [-0.39, 0.29) is 0 Å². The molecule has 2 rings (SSSR count). The molecule has 1 aliphatic heterocycles. The molecule has 0 aromatic heterocycles. The Hall–Kier alpha value is -0.120. The Morgan fingerprint density at radius 3 is 2.88 bits per heavy atom. The minimum atomic E-state index is 0.341. The molecule has 0 amide bonds. The Morgan fingerprint density at radius 2 is 2.24 bits per heavy atom. The molecular formula is C14H27NO2. The minimum Gasteiger partial charge on any atom is -0.396 e. The molecule has 1 saturated carbocycles. The molecule has 17 heavy (non-hydrogen) atoms. The van der Waals surface area contributed by atoms with Gasteiger partial charge in [-0.1, -0.05) is 13.3 Å². The average molecular weight is 241 g/mol. The van der Waals surface area contributed by atoms with Gasteiger partial charge < -0.3 is 15.2 Å². The Balaban J connectivity index is 1.68. The van der Waals surface area contributed by atoms with Crippen LogP contribution in [0.3, 0.4) is 0 Å². The summed E-state index contributed by atoms with van der Waals surface area (Å²) in [5.41, 5.74) is 0.438. The van der Waals surface area contributed by atoms with Crippen LogP contribution in [0.5, 0.6) is 0 Å². The molecule has 2 atom stereocenters. The van der Waals surface area contributed by atoms with Crippen molar-refractivity contribution in [2.24, 2.45) is 5.41 Å². The maximum Gasteiger partial charge on any atom is 0.0589 e. The minimum absolute atomic E-state index is 0.341. The highest BCUT2D eigenvalue weighted by molar-refractivity contribution is 4.95. The molecule has 1 saturated heterocycles. The summed E-state index contributed by atoms with van der Waals surface area (Å²) in [6.07, 6.45) is 8.76. The van der Waals surface area contributed by atoms with Gasteiger partial charge in [-0.05, 0) is 43.9 Å². The van der Waals surface area contributed by atoms with Crippen molar-refractivity contribution in [2.75, 3.05) is 19.8 Å². The van der Waals surface area contributed by atoms with Gasteiger partial charge in [0, 0.05) is 25.8 Å². The molecule has 0 aromatic rings. The van der Waals surface area contributed by atoms with E-state index in [4.69, 9.17) is 9.84 Å². The summed E-state index contributed by atoms with van der Waals surface area (Å²) >= 11 is 0. The molecule has 100 valence electrons. The molecule has 2 fully saturated rings. The predicted molar refractivity (Wildman–Crippen MR) is 69.0 cm³/mol. The largest absolute Gasteiger partial charge is 0.396 e. The highest BCUT2D eigenvalue weighted by Gasteiger charge is 2.41. The maximum absolute atomic E-state index is 9.04. The highest BCUT2D eigenvalue weighted by Crippen LogP contribution is 2.48. The van der Waals surface area contributed by atoms with Crippen molar-refractivity contribution >= 4 is 0 Å². The molecule has 0 bridgehead atoms. The van der Waals surface area contributed by atoms with E-state index in [0.717, 1.165) is 26.0 Å². The van der Waals surface area contributed by atoms with Crippen molar-refractivity contribution in [1.82, 2.24) is 5.32 Å². The summed E-state index contributed by atoms with van der Waals surface area (Å²) in [7, 11) is 0. The summed E-state index contributed by atoms with van der Waals surface area (Å²) in [5, 5.41) is 12.7. The van der Waals surface area contributed by atoms with Crippen LogP contribution in [0.1, 0.15) is 51.9 Å². The molecular weight excluding hydrogens is 214 g/mol. The Labute approximate surface area is 105 Å². The zero-order valence-electron chi connectivity index (χ0n) is 11.1. The van der Waals surface area contributed by atoms with Crippen molar-refractivity contribution < 1.29 is 9.84 Å². The van der Waals surface area contributed by atoms with E-state index in [9.17, 15) is 0 Å². The van der Waals surface area contributed by atoms with Gasteiger partial charge in [0.1, 0.15) is 0 Å². The molecule has 0 radical (unpaired) electrons. The fourth-order valence-electron chi connectivity index (χ4n) is 2.88. The Bertz CT molecular complexity index is 226. The fourth-order valence-corrected chi connectivity index (χ4v) is 2.88. The summed E-state index contributed by atoms with van der Waals surface area (Å²) in [6.45, 7) is 4.57. The molecule has 2 unspecified atom stereocenters. The van der Waals surface area contributed by atoms with E-state index in [2.05, 4.69) is 12.2 Å². The van der Waals surface area contributed by atoms with E-state index in [1.165, 1.54) is 32.1 Å². The van der Waals surface area contributed by atoms with E-state index in [0.29, 0.717) is 24.2 Å². The number of ether oxygens (including phenoxy) is 1. The van der Waals surface area contributed by atoms with Crippen LogP contribution in [0.25, 0.3) is 0 Å². The van der Waals surface area contributed by atoms with Crippen LogP contribution in [0, 0.1) is 5.41 Å². The van der Waals surface area contributed by atoms with Gasteiger partial charge in [0.25, 0.3) is 0 Å². The van der Waals surface area contributed by atoms with Crippen LogP contribution in [0.2, 0.25) is 0 Å². The first-order valence-corrected chi connectivity index (χ1v) is 7.24. The van der Waals surface area contributed by atoms with Crippen molar-refractivity contribution in [3.63, 3.8) is 0 Å². The quantitative estimate of drug-likeness (QED) is 0.717. The molecule has 1 aliphatic carbocycles. The average Bonchev–Trinajstić information content (AvgIpc) is 3.09. The van der Waals surface area contributed by atoms with Crippen LogP contribution < -0.4 is 5.32 Å². The maximum atomic E-state index is 9.04. The summed E-state index contributed by atoms with van der Waals surface area (Å²) in [4.78, 5) is 0. The van der Waals surface area contributed by atoms with Crippen LogP contribution in [-0.4, -0.2) is 37.0 Å². The van der Waals surface area contributed by atoms with Gasteiger partial charge in [-0.15, -0.1) is 0 Å². The standard InChI is InChI=1S/C14H27NO2/c1-2-3-13-10-12(4-9-17-13)15-11-14(5-6-14)7-8-16/h12-13,15-16H,2-11H2,1H3. The Morgan fingerprint density at radius 1 is 1.41 bits per heavy atom. The summed E-state index contributed by atoms with van der Waals surface area (Å²) in [5.74, 6) is 0. The molecule has 3 nitrogen and oxygen atoms in total. The van der Waals surface area contributed by atoms with Crippen LogP contribution in [-0.2, 0) is 4.74 Å². The SMILES string of the molecule is CCCC1CC(NCC2(CCO)CC2)CCO1. The lowest BCUT2D eigenvalue weighted by molar-refractivity contribution is -0.00408. The van der Waals surface area contributed by atoms with Gasteiger partial charge in [0.15, 0.2) is 0 Å². The first-order chi connectivity index (χ1) is 8.28. The van der Waals surface area contributed by atoms with Crippen LogP contribution >= 0.6 is 0 Å². The number of nitrogens with one attached hydrogen (secondary N) is 1. The molecule has 2 N–H and O–H groups in total. The van der Waals surface area contributed by atoms with E-state index in [1.807, 2.05) is 0 Å². The predicted octanol–water partition coefficient (Wildman–Crippen LogP) is 2.09. The zero-order chi connectivity index (χ0) is 12.1. The van der Waals surface area contributed by atoms with E-state index >= 15 is 0 Å². The van der Waals surface area contributed by atoms with Gasteiger partial charge >= 0.3 is 0 Å². The number of aliphatic hydroxyl groups is 1. The third-order valence-corrected chi connectivity index (χ3v) is 4.34. The summed E-state index contributed by atoms with van der Waals surface area (Å²) in [6, 6.07) is 0.636. The van der Waals surface area contributed by atoms with Gasteiger partial charge in [-0.3, -0.25) is 0 Å². The lowest BCUT2D eigenvalue weighted by Crippen LogP contribution is -2.41. The Kier molecular flexibility index (Phi) is 4.83. The first kappa shape index (κ1) is 13.3. The third kappa shape index (κ3) is 3.94. The summed E-state index contributed by atoms with van der Waals surface area (Å²) < 4.78 is 5.76. The van der Waals surface area contributed by atoms with E-state index < -0.39 is 0 Å². The molecule has 0 aromatic carbocycles. The number of rotatable bonds is 7. The zero-order valence-corrected chi connectivity index (χ0v) is 11.1. The van der Waals surface area contributed by atoms with Gasteiger partial charge in [0.2, 0.25) is 0 Å². The second-order valence-corrected chi connectivity index (χ2v) is 5.86. The van der Waals surface area contributed by atoms with Crippen molar-refractivity contribution in [3.8, 4) is 0 Å². The normalized spacial score (nSPS) is 31.4. The topological polar surface area (TPSA) is 41.5 Å². The second-order valence-electron chi connectivity index (χ2n) is 5.86. The number of aliphatic hydroxyl groups excluding tert-OH is 1.